The average molecular weight is 267 g/mol. The summed E-state index contributed by atoms with van der Waals surface area (Å²) in [6.07, 6.45) is -0.641. The van der Waals surface area contributed by atoms with Gasteiger partial charge in [-0.15, -0.1) is 0 Å². The molecule has 0 aromatic heterocycles. The van der Waals surface area contributed by atoms with Gasteiger partial charge in [0, 0.05) is 5.92 Å². The number of hydroxylamine groups is 1. The van der Waals surface area contributed by atoms with Gasteiger partial charge in [0.2, 0.25) is 0 Å². The molecule has 1 aromatic carbocycles. The molecule has 0 saturated heterocycles. The fraction of sp³-hybridized carbons (Fsp3) is 0.500. The minimum absolute atomic E-state index is 0.0555. The minimum atomic E-state index is -0.641. The zero-order valence-corrected chi connectivity index (χ0v) is 11.6. The van der Waals surface area contributed by atoms with Gasteiger partial charge in [0.1, 0.15) is 5.60 Å². The van der Waals surface area contributed by atoms with E-state index in [2.05, 4.69) is 5.48 Å². The van der Waals surface area contributed by atoms with Crippen LogP contribution < -0.4 is 5.48 Å². The van der Waals surface area contributed by atoms with Crippen LogP contribution in [0, 0.1) is 0 Å². The first-order valence-corrected chi connectivity index (χ1v) is 6.19. The second-order valence-electron chi connectivity index (χ2n) is 5.21. The van der Waals surface area contributed by atoms with Crippen molar-refractivity contribution in [2.45, 2.75) is 32.3 Å². The molecule has 0 heterocycles. The standard InChI is InChI=1S/C14H21NO4/c1-14(2,3)19-13(17)15-18-10-12(9-16)11-7-5-4-6-8-11/h4-8,12,16H,9-10H2,1-3H3,(H,15,17). The SMILES string of the molecule is CC(C)(C)OC(=O)NOCC(CO)c1ccccc1. The number of benzene rings is 1. The summed E-state index contributed by atoms with van der Waals surface area (Å²) in [5.74, 6) is -0.184. The van der Waals surface area contributed by atoms with Crippen LogP contribution in [0.2, 0.25) is 0 Å². The van der Waals surface area contributed by atoms with Crippen molar-refractivity contribution in [1.29, 1.82) is 0 Å². The number of ether oxygens (including phenoxy) is 1. The van der Waals surface area contributed by atoms with Crippen molar-refractivity contribution in [2.75, 3.05) is 13.2 Å². The van der Waals surface area contributed by atoms with Crippen molar-refractivity contribution >= 4 is 6.09 Å². The van der Waals surface area contributed by atoms with E-state index in [9.17, 15) is 9.90 Å². The monoisotopic (exact) mass is 267 g/mol. The molecule has 5 nitrogen and oxygen atoms in total. The average Bonchev–Trinajstić information content (AvgIpc) is 2.33. The van der Waals surface area contributed by atoms with Gasteiger partial charge in [-0.2, -0.15) is 5.48 Å². The Morgan fingerprint density at radius 1 is 1.32 bits per heavy atom. The molecule has 0 saturated carbocycles. The fourth-order valence-corrected chi connectivity index (χ4v) is 1.48. The summed E-state index contributed by atoms with van der Waals surface area (Å²) in [7, 11) is 0. The molecule has 106 valence electrons. The van der Waals surface area contributed by atoms with Gasteiger partial charge in [-0.1, -0.05) is 30.3 Å². The van der Waals surface area contributed by atoms with E-state index in [0.717, 1.165) is 5.56 Å². The number of rotatable bonds is 5. The number of carbonyl (C=O) groups excluding carboxylic acids is 1. The molecule has 1 unspecified atom stereocenters. The van der Waals surface area contributed by atoms with Crippen LogP contribution in [-0.4, -0.2) is 30.0 Å². The largest absolute Gasteiger partial charge is 0.442 e. The van der Waals surface area contributed by atoms with Crippen molar-refractivity contribution in [1.82, 2.24) is 5.48 Å². The molecule has 0 aliphatic carbocycles. The Labute approximate surface area is 113 Å². The lowest BCUT2D eigenvalue weighted by Gasteiger charge is -2.20. The third kappa shape index (κ3) is 6.22. The van der Waals surface area contributed by atoms with Crippen molar-refractivity contribution in [3.05, 3.63) is 35.9 Å². The molecule has 1 rings (SSSR count). The Hall–Kier alpha value is -1.59. The Bertz CT molecular complexity index is 386. The number of aliphatic hydroxyl groups excluding tert-OH is 1. The summed E-state index contributed by atoms with van der Waals surface area (Å²) < 4.78 is 5.02. The van der Waals surface area contributed by atoms with Gasteiger partial charge in [0.05, 0.1) is 13.2 Å². The van der Waals surface area contributed by atoms with E-state index in [0.29, 0.717) is 0 Å². The number of nitrogens with one attached hydrogen (secondary N) is 1. The van der Waals surface area contributed by atoms with Crippen LogP contribution in [0.1, 0.15) is 32.3 Å². The van der Waals surface area contributed by atoms with Gasteiger partial charge in [0.15, 0.2) is 0 Å². The maximum Gasteiger partial charge on any atom is 0.431 e. The lowest BCUT2D eigenvalue weighted by molar-refractivity contribution is -0.0151. The van der Waals surface area contributed by atoms with E-state index < -0.39 is 11.7 Å². The van der Waals surface area contributed by atoms with E-state index in [1.165, 1.54) is 0 Å². The van der Waals surface area contributed by atoms with Crippen molar-refractivity contribution < 1.29 is 19.5 Å². The van der Waals surface area contributed by atoms with Crippen LogP contribution in [0.15, 0.2) is 30.3 Å². The van der Waals surface area contributed by atoms with E-state index in [1.807, 2.05) is 30.3 Å². The number of amides is 1. The highest BCUT2D eigenvalue weighted by atomic mass is 16.7. The highest BCUT2D eigenvalue weighted by Gasteiger charge is 2.17. The van der Waals surface area contributed by atoms with Gasteiger partial charge < -0.3 is 9.84 Å². The first-order valence-electron chi connectivity index (χ1n) is 6.19. The Morgan fingerprint density at radius 3 is 2.47 bits per heavy atom. The summed E-state index contributed by atoms with van der Waals surface area (Å²) in [6.45, 7) is 5.44. The van der Waals surface area contributed by atoms with Crippen LogP contribution in [0.3, 0.4) is 0 Å². The van der Waals surface area contributed by atoms with Crippen LogP contribution in [-0.2, 0) is 9.57 Å². The summed E-state index contributed by atoms with van der Waals surface area (Å²) in [6, 6.07) is 9.48. The fourth-order valence-electron chi connectivity index (χ4n) is 1.48. The summed E-state index contributed by atoms with van der Waals surface area (Å²) >= 11 is 0. The zero-order chi connectivity index (χ0) is 14.3. The van der Waals surface area contributed by atoms with E-state index >= 15 is 0 Å². The topological polar surface area (TPSA) is 67.8 Å². The number of aliphatic hydroxyl groups is 1. The maximum absolute atomic E-state index is 11.3. The summed E-state index contributed by atoms with van der Waals surface area (Å²) in [5, 5.41) is 9.31. The Kier molecular flexibility index (Phi) is 5.79. The summed E-state index contributed by atoms with van der Waals surface area (Å²) in [5.41, 5.74) is 2.59. The quantitative estimate of drug-likeness (QED) is 0.803. The molecule has 0 radical (unpaired) electrons. The molecule has 19 heavy (non-hydrogen) atoms. The van der Waals surface area contributed by atoms with E-state index in [4.69, 9.17) is 9.57 Å². The second-order valence-corrected chi connectivity index (χ2v) is 5.21. The lowest BCUT2D eigenvalue weighted by Crippen LogP contribution is -2.33. The van der Waals surface area contributed by atoms with Crippen LogP contribution in [0.4, 0.5) is 4.79 Å². The molecular weight excluding hydrogens is 246 g/mol. The van der Waals surface area contributed by atoms with Crippen molar-refractivity contribution in [3.63, 3.8) is 0 Å². The molecule has 0 fully saturated rings. The van der Waals surface area contributed by atoms with E-state index in [1.54, 1.807) is 20.8 Å². The number of hydrogen-bond acceptors (Lipinski definition) is 4. The third-order valence-corrected chi connectivity index (χ3v) is 2.33. The van der Waals surface area contributed by atoms with Gasteiger partial charge >= 0.3 is 6.09 Å². The van der Waals surface area contributed by atoms with Crippen molar-refractivity contribution in [2.24, 2.45) is 0 Å². The lowest BCUT2D eigenvalue weighted by atomic mass is 10.0. The number of hydrogen-bond donors (Lipinski definition) is 2. The highest BCUT2D eigenvalue weighted by Crippen LogP contribution is 2.14. The van der Waals surface area contributed by atoms with Gasteiger partial charge in [0.25, 0.3) is 0 Å². The molecule has 1 amide bonds. The van der Waals surface area contributed by atoms with Crippen molar-refractivity contribution in [3.8, 4) is 0 Å². The third-order valence-electron chi connectivity index (χ3n) is 2.33. The Morgan fingerprint density at radius 2 is 1.95 bits per heavy atom. The zero-order valence-electron chi connectivity index (χ0n) is 11.6. The first-order chi connectivity index (χ1) is 8.92. The van der Waals surface area contributed by atoms with Gasteiger partial charge in [-0.3, -0.25) is 4.84 Å². The molecule has 5 heteroatoms. The molecule has 1 atom stereocenters. The molecule has 0 bridgehead atoms. The molecular formula is C14H21NO4. The van der Waals surface area contributed by atoms with E-state index in [-0.39, 0.29) is 19.1 Å². The first kappa shape index (κ1) is 15.5. The predicted molar refractivity (Wildman–Crippen MR) is 71.6 cm³/mol. The number of carbonyl (C=O) groups is 1. The van der Waals surface area contributed by atoms with Gasteiger partial charge in [-0.25, -0.2) is 4.79 Å². The molecule has 0 spiro atoms. The van der Waals surface area contributed by atoms with Gasteiger partial charge in [-0.05, 0) is 26.3 Å². The minimum Gasteiger partial charge on any atom is -0.442 e. The molecule has 0 aliphatic rings. The predicted octanol–water partition coefficient (Wildman–Crippen LogP) is 2.22. The summed E-state index contributed by atoms with van der Waals surface area (Å²) in [4.78, 5) is 16.4. The Balaban J connectivity index is 2.37. The smallest absolute Gasteiger partial charge is 0.431 e. The highest BCUT2D eigenvalue weighted by molar-refractivity contribution is 5.66. The normalized spacial score (nSPS) is 12.8. The molecule has 1 aromatic rings. The van der Waals surface area contributed by atoms with Crippen LogP contribution in [0.5, 0.6) is 0 Å². The van der Waals surface area contributed by atoms with Crippen LogP contribution in [0.25, 0.3) is 0 Å². The van der Waals surface area contributed by atoms with Crippen LogP contribution >= 0.6 is 0 Å². The molecule has 2 N–H and O–H groups in total. The maximum atomic E-state index is 11.3. The second kappa shape index (κ2) is 7.11. The molecule has 0 aliphatic heterocycles.